The van der Waals surface area contributed by atoms with E-state index in [1.807, 2.05) is 29.2 Å². The lowest BCUT2D eigenvalue weighted by Crippen LogP contribution is -2.24. The van der Waals surface area contributed by atoms with Gasteiger partial charge in [-0.05, 0) is 37.8 Å². The van der Waals surface area contributed by atoms with E-state index in [2.05, 4.69) is 26.2 Å². The molecule has 0 aliphatic heterocycles. The van der Waals surface area contributed by atoms with Gasteiger partial charge in [0.15, 0.2) is 0 Å². The van der Waals surface area contributed by atoms with E-state index < -0.39 is 0 Å². The standard InChI is InChI=1S/C11H20N2/c1-10(2)6-7-11(3)12-13-8-4-5-9-13/h4-5,8-12H,6-7H2,1-3H3. The van der Waals surface area contributed by atoms with Gasteiger partial charge in [0.05, 0.1) is 0 Å². The molecule has 1 N–H and O–H groups in total. The monoisotopic (exact) mass is 180 g/mol. The lowest BCUT2D eigenvalue weighted by molar-refractivity contribution is 0.509. The molecule has 0 spiro atoms. The molecule has 0 radical (unpaired) electrons. The van der Waals surface area contributed by atoms with Crippen LogP contribution in [0.15, 0.2) is 24.5 Å². The Kier molecular flexibility index (Phi) is 3.87. The van der Waals surface area contributed by atoms with Gasteiger partial charge < -0.3 is 5.43 Å². The van der Waals surface area contributed by atoms with Crippen molar-refractivity contribution in [1.29, 1.82) is 0 Å². The molecule has 1 heterocycles. The Hall–Kier alpha value is -0.920. The van der Waals surface area contributed by atoms with Gasteiger partial charge in [-0.1, -0.05) is 13.8 Å². The third-order valence-electron chi connectivity index (χ3n) is 2.15. The van der Waals surface area contributed by atoms with Crippen molar-refractivity contribution in [3.05, 3.63) is 24.5 Å². The van der Waals surface area contributed by atoms with E-state index in [1.54, 1.807) is 0 Å². The van der Waals surface area contributed by atoms with E-state index in [4.69, 9.17) is 0 Å². The summed E-state index contributed by atoms with van der Waals surface area (Å²) in [6.07, 6.45) is 6.59. The molecule has 1 aromatic rings. The van der Waals surface area contributed by atoms with Crippen LogP contribution < -0.4 is 5.43 Å². The number of hydrogen-bond acceptors (Lipinski definition) is 1. The molecule has 0 aliphatic carbocycles. The molecule has 0 fully saturated rings. The highest BCUT2D eigenvalue weighted by atomic mass is 15.4. The molecule has 1 aromatic heterocycles. The average molecular weight is 180 g/mol. The van der Waals surface area contributed by atoms with Crippen LogP contribution in [0.2, 0.25) is 0 Å². The summed E-state index contributed by atoms with van der Waals surface area (Å²) in [6.45, 7) is 6.76. The zero-order valence-electron chi connectivity index (χ0n) is 8.83. The number of hydrogen-bond donors (Lipinski definition) is 1. The first-order valence-electron chi connectivity index (χ1n) is 5.08. The molecule has 0 bridgehead atoms. The van der Waals surface area contributed by atoms with E-state index in [0.717, 1.165) is 5.92 Å². The fourth-order valence-electron chi connectivity index (χ4n) is 1.32. The minimum absolute atomic E-state index is 0.551. The number of aromatic nitrogens is 1. The highest BCUT2D eigenvalue weighted by Crippen LogP contribution is 2.06. The van der Waals surface area contributed by atoms with E-state index in [0.29, 0.717) is 6.04 Å². The van der Waals surface area contributed by atoms with E-state index in [1.165, 1.54) is 12.8 Å². The van der Waals surface area contributed by atoms with E-state index in [9.17, 15) is 0 Å². The fraction of sp³-hybridized carbons (Fsp3) is 0.636. The van der Waals surface area contributed by atoms with Crippen LogP contribution in [0.25, 0.3) is 0 Å². The molecule has 0 aliphatic rings. The molecule has 0 amide bonds. The second-order valence-corrected chi connectivity index (χ2v) is 4.09. The van der Waals surface area contributed by atoms with Crippen LogP contribution in [0.1, 0.15) is 33.6 Å². The fourth-order valence-corrected chi connectivity index (χ4v) is 1.32. The van der Waals surface area contributed by atoms with Crippen LogP contribution >= 0.6 is 0 Å². The maximum absolute atomic E-state index is 3.39. The van der Waals surface area contributed by atoms with Gasteiger partial charge in [-0.25, -0.2) is 0 Å². The van der Waals surface area contributed by atoms with E-state index >= 15 is 0 Å². The van der Waals surface area contributed by atoms with Crippen molar-refractivity contribution in [3.8, 4) is 0 Å². The Balaban J connectivity index is 2.22. The van der Waals surface area contributed by atoms with Crippen molar-refractivity contribution in [2.45, 2.75) is 39.7 Å². The number of nitrogens with zero attached hydrogens (tertiary/aromatic N) is 1. The molecular formula is C11H20N2. The predicted octanol–water partition coefficient (Wildman–Crippen LogP) is 2.86. The summed E-state index contributed by atoms with van der Waals surface area (Å²) in [4.78, 5) is 0. The Bertz CT molecular complexity index is 214. The maximum atomic E-state index is 3.39. The van der Waals surface area contributed by atoms with Gasteiger partial charge in [0, 0.05) is 18.4 Å². The molecule has 0 saturated heterocycles. The molecule has 1 rings (SSSR count). The van der Waals surface area contributed by atoms with Crippen molar-refractivity contribution >= 4 is 0 Å². The van der Waals surface area contributed by atoms with Crippen molar-refractivity contribution in [1.82, 2.24) is 4.68 Å². The zero-order chi connectivity index (χ0) is 9.68. The molecule has 1 unspecified atom stereocenters. The Morgan fingerprint density at radius 1 is 1.08 bits per heavy atom. The summed E-state index contributed by atoms with van der Waals surface area (Å²) in [5, 5.41) is 0. The van der Waals surface area contributed by atoms with Gasteiger partial charge in [-0.15, -0.1) is 0 Å². The molecule has 13 heavy (non-hydrogen) atoms. The molecule has 0 aromatic carbocycles. The smallest absolute Gasteiger partial charge is 0.0396 e. The van der Waals surface area contributed by atoms with Crippen LogP contribution in [0.5, 0.6) is 0 Å². The SMILES string of the molecule is CC(C)CCC(C)Nn1cccc1. The Morgan fingerprint density at radius 3 is 2.23 bits per heavy atom. The van der Waals surface area contributed by atoms with Gasteiger partial charge in [0.25, 0.3) is 0 Å². The second-order valence-electron chi connectivity index (χ2n) is 4.09. The lowest BCUT2D eigenvalue weighted by atomic mass is 10.1. The highest BCUT2D eigenvalue weighted by Gasteiger charge is 2.02. The van der Waals surface area contributed by atoms with Crippen LogP contribution in [0.4, 0.5) is 0 Å². The summed E-state index contributed by atoms with van der Waals surface area (Å²) in [7, 11) is 0. The summed E-state index contributed by atoms with van der Waals surface area (Å²) in [5.74, 6) is 0.800. The molecule has 1 atom stereocenters. The molecule has 2 heteroatoms. The van der Waals surface area contributed by atoms with Crippen molar-refractivity contribution < 1.29 is 0 Å². The largest absolute Gasteiger partial charge is 0.324 e. The summed E-state index contributed by atoms with van der Waals surface area (Å²) < 4.78 is 2.02. The average Bonchev–Trinajstić information content (AvgIpc) is 2.53. The van der Waals surface area contributed by atoms with Gasteiger partial charge in [0.2, 0.25) is 0 Å². The Morgan fingerprint density at radius 2 is 1.69 bits per heavy atom. The number of rotatable bonds is 5. The minimum Gasteiger partial charge on any atom is -0.324 e. The van der Waals surface area contributed by atoms with Crippen molar-refractivity contribution in [2.75, 3.05) is 5.43 Å². The molecule has 74 valence electrons. The third-order valence-corrected chi connectivity index (χ3v) is 2.15. The first-order chi connectivity index (χ1) is 6.18. The Labute approximate surface area is 80.9 Å². The first-order valence-corrected chi connectivity index (χ1v) is 5.08. The molecule has 0 saturated carbocycles. The van der Waals surface area contributed by atoms with Crippen LogP contribution in [0.3, 0.4) is 0 Å². The molecular weight excluding hydrogens is 160 g/mol. The third kappa shape index (κ3) is 4.02. The number of nitrogens with one attached hydrogen (secondary N) is 1. The van der Waals surface area contributed by atoms with Crippen molar-refractivity contribution in [2.24, 2.45) is 5.92 Å². The van der Waals surface area contributed by atoms with Gasteiger partial charge >= 0.3 is 0 Å². The normalized spacial score (nSPS) is 13.2. The zero-order valence-corrected chi connectivity index (χ0v) is 8.83. The molecule has 2 nitrogen and oxygen atoms in total. The summed E-state index contributed by atoms with van der Waals surface area (Å²) in [5.41, 5.74) is 3.39. The summed E-state index contributed by atoms with van der Waals surface area (Å²) in [6, 6.07) is 4.61. The maximum Gasteiger partial charge on any atom is 0.0396 e. The topological polar surface area (TPSA) is 17.0 Å². The van der Waals surface area contributed by atoms with Gasteiger partial charge in [0.1, 0.15) is 0 Å². The predicted molar refractivity (Wildman–Crippen MR) is 57.3 cm³/mol. The first kappa shape index (κ1) is 10.2. The quantitative estimate of drug-likeness (QED) is 0.737. The minimum atomic E-state index is 0.551. The highest BCUT2D eigenvalue weighted by molar-refractivity contribution is 4.94. The second kappa shape index (κ2) is 4.95. The van der Waals surface area contributed by atoms with Crippen LogP contribution in [0, 0.1) is 5.92 Å². The van der Waals surface area contributed by atoms with Crippen molar-refractivity contribution in [3.63, 3.8) is 0 Å². The van der Waals surface area contributed by atoms with Gasteiger partial charge in [-0.3, -0.25) is 4.68 Å². The van der Waals surface area contributed by atoms with E-state index in [-0.39, 0.29) is 0 Å². The lowest BCUT2D eigenvalue weighted by Gasteiger charge is -2.16. The van der Waals surface area contributed by atoms with Crippen LogP contribution in [-0.2, 0) is 0 Å². The summed E-state index contributed by atoms with van der Waals surface area (Å²) >= 11 is 0. The van der Waals surface area contributed by atoms with Gasteiger partial charge in [-0.2, -0.15) is 0 Å². The van der Waals surface area contributed by atoms with Crippen LogP contribution in [-0.4, -0.2) is 10.7 Å².